The minimum absolute atomic E-state index is 0.255. The van der Waals surface area contributed by atoms with Gasteiger partial charge in [-0.3, -0.25) is 4.79 Å². The molecule has 4 heteroatoms. The molecule has 0 radical (unpaired) electrons. The van der Waals surface area contributed by atoms with E-state index in [1.54, 1.807) is 26.0 Å². The molecule has 1 rings (SSSR count). The number of rotatable bonds is 4. The molecule has 0 aliphatic heterocycles. The molecular formula is C14H18O4. The summed E-state index contributed by atoms with van der Waals surface area (Å²) < 4.78 is 9.95. The van der Waals surface area contributed by atoms with Crippen LogP contribution in [0.25, 0.3) is 0 Å². The summed E-state index contributed by atoms with van der Waals surface area (Å²) in [5.41, 5.74) is 1.96. The molecule has 4 nitrogen and oxygen atoms in total. The normalized spacial score (nSPS) is 10.0. The standard InChI is InChI=1S/C14H18O4/c1-5-6-12(15)18-13-9(2)7-11(8-10(13)3)14(16)17-4/h7-8H,5-6H2,1-4H3. The maximum atomic E-state index is 11.5. The third-order valence-electron chi connectivity index (χ3n) is 2.55. The Bertz CT molecular complexity index is 440. The van der Waals surface area contributed by atoms with E-state index in [-0.39, 0.29) is 5.97 Å². The molecule has 0 saturated carbocycles. The van der Waals surface area contributed by atoms with Crippen LogP contribution in [0.2, 0.25) is 0 Å². The molecule has 0 bridgehead atoms. The molecule has 0 saturated heterocycles. The van der Waals surface area contributed by atoms with E-state index < -0.39 is 5.97 Å². The molecule has 1 aromatic rings. The van der Waals surface area contributed by atoms with Gasteiger partial charge in [0.1, 0.15) is 5.75 Å². The maximum absolute atomic E-state index is 11.5. The van der Waals surface area contributed by atoms with Crippen molar-refractivity contribution in [2.24, 2.45) is 0 Å². The summed E-state index contributed by atoms with van der Waals surface area (Å²) in [5, 5.41) is 0. The topological polar surface area (TPSA) is 52.6 Å². The summed E-state index contributed by atoms with van der Waals surface area (Å²) in [4.78, 5) is 22.9. The number of aryl methyl sites for hydroxylation is 2. The van der Waals surface area contributed by atoms with Gasteiger partial charge in [-0.05, 0) is 43.5 Å². The lowest BCUT2D eigenvalue weighted by molar-refractivity contribution is -0.134. The van der Waals surface area contributed by atoms with Gasteiger partial charge in [-0.15, -0.1) is 0 Å². The Morgan fingerprint density at radius 2 is 1.72 bits per heavy atom. The zero-order chi connectivity index (χ0) is 13.7. The smallest absolute Gasteiger partial charge is 0.337 e. The second kappa shape index (κ2) is 6.19. The Morgan fingerprint density at radius 1 is 1.17 bits per heavy atom. The van der Waals surface area contributed by atoms with Gasteiger partial charge in [-0.1, -0.05) is 6.92 Å². The van der Waals surface area contributed by atoms with Crippen molar-refractivity contribution in [2.75, 3.05) is 7.11 Å². The van der Waals surface area contributed by atoms with Gasteiger partial charge in [-0.25, -0.2) is 4.79 Å². The van der Waals surface area contributed by atoms with E-state index in [4.69, 9.17) is 4.74 Å². The molecule has 0 aliphatic rings. The van der Waals surface area contributed by atoms with Crippen LogP contribution in [0.3, 0.4) is 0 Å². The molecule has 0 spiro atoms. The van der Waals surface area contributed by atoms with Crippen LogP contribution in [-0.2, 0) is 9.53 Å². The predicted octanol–water partition coefficient (Wildman–Crippen LogP) is 2.80. The van der Waals surface area contributed by atoms with Crippen LogP contribution in [0.4, 0.5) is 0 Å². The molecule has 0 aromatic heterocycles. The van der Waals surface area contributed by atoms with Crippen molar-refractivity contribution in [1.82, 2.24) is 0 Å². The number of esters is 2. The summed E-state index contributed by atoms with van der Waals surface area (Å²) >= 11 is 0. The summed E-state index contributed by atoms with van der Waals surface area (Å²) in [6.45, 7) is 5.52. The fourth-order valence-electron chi connectivity index (χ4n) is 1.72. The van der Waals surface area contributed by atoms with E-state index in [2.05, 4.69) is 4.74 Å². The number of methoxy groups -OCH3 is 1. The number of ether oxygens (including phenoxy) is 2. The van der Waals surface area contributed by atoms with Crippen LogP contribution < -0.4 is 4.74 Å². The minimum atomic E-state index is -0.396. The molecule has 0 aliphatic carbocycles. The maximum Gasteiger partial charge on any atom is 0.337 e. The van der Waals surface area contributed by atoms with Crippen LogP contribution in [0.15, 0.2) is 12.1 Å². The highest BCUT2D eigenvalue weighted by molar-refractivity contribution is 5.90. The molecule has 0 unspecified atom stereocenters. The largest absolute Gasteiger partial charge is 0.465 e. The van der Waals surface area contributed by atoms with Gasteiger partial charge in [0.25, 0.3) is 0 Å². The average Bonchev–Trinajstić information content (AvgIpc) is 2.32. The lowest BCUT2D eigenvalue weighted by atomic mass is 10.1. The quantitative estimate of drug-likeness (QED) is 0.609. The third-order valence-corrected chi connectivity index (χ3v) is 2.55. The third kappa shape index (κ3) is 3.32. The average molecular weight is 250 g/mol. The number of hydrogen-bond donors (Lipinski definition) is 0. The van der Waals surface area contributed by atoms with Crippen LogP contribution in [0.5, 0.6) is 5.75 Å². The lowest BCUT2D eigenvalue weighted by Crippen LogP contribution is -2.10. The van der Waals surface area contributed by atoms with Gasteiger partial charge in [0.05, 0.1) is 12.7 Å². The van der Waals surface area contributed by atoms with Gasteiger partial charge in [0.2, 0.25) is 0 Å². The zero-order valence-corrected chi connectivity index (χ0v) is 11.2. The molecule has 0 atom stereocenters. The number of hydrogen-bond acceptors (Lipinski definition) is 4. The van der Waals surface area contributed by atoms with Gasteiger partial charge in [-0.2, -0.15) is 0 Å². The van der Waals surface area contributed by atoms with E-state index in [0.717, 1.165) is 17.5 Å². The Kier molecular flexibility index (Phi) is 4.89. The van der Waals surface area contributed by atoms with Crippen molar-refractivity contribution in [3.05, 3.63) is 28.8 Å². The van der Waals surface area contributed by atoms with Crippen molar-refractivity contribution < 1.29 is 19.1 Å². The minimum Gasteiger partial charge on any atom is -0.465 e. The summed E-state index contributed by atoms with van der Waals surface area (Å²) in [6.07, 6.45) is 1.13. The number of carbonyl (C=O) groups is 2. The number of carbonyl (C=O) groups excluding carboxylic acids is 2. The highest BCUT2D eigenvalue weighted by Gasteiger charge is 2.14. The molecule has 18 heavy (non-hydrogen) atoms. The van der Waals surface area contributed by atoms with Crippen LogP contribution in [0, 0.1) is 13.8 Å². The second-order valence-corrected chi connectivity index (χ2v) is 4.15. The highest BCUT2D eigenvalue weighted by atomic mass is 16.5. The van der Waals surface area contributed by atoms with Gasteiger partial charge in [0, 0.05) is 6.42 Å². The van der Waals surface area contributed by atoms with Crippen molar-refractivity contribution in [1.29, 1.82) is 0 Å². The predicted molar refractivity (Wildman–Crippen MR) is 67.8 cm³/mol. The van der Waals surface area contributed by atoms with E-state index in [0.29, 0.717) is 17.7 Å². The van der Waals surface area contributed by atoms with Crippen molar-refractivity contribution in [3.8, 4) is 5.75 Å². The first-order valence-electron chi connectivity index (χ1n) is 5.89. The monoisotopic (exact) mass is 250 g/mol. The first-order valence-corrected chi connectivity index (χ1v) is 5.89. The first-order chi connectivity index (χ1) is 8.49. The molecular weight excluding hydrogens is 232 g/mol. The number of benzene rings is 1. The summed E-state index contributed by atoms with van der Waals surface area (Å²) in [5.74, 6) is -0.122. The summed E-state index contributed by atoms with van der Waals surface area (Å²) in [6, 6.07) is 3.32. The zero-order valence-electron chi connectivity index (χ0n) is 11.2. The van der Waals surface area contributed by atoms with Crippen LogP contribution in [-0.4, -0.2) is 19.0 Å². The molecule has 0 N–H and O–H groups in total. The van der Waals surface area contributed by atoms with Crippen LogP contribution in [0.1, 0.15) is 41.3 Å². The van der Waals surface area contributed by atoms with E-state index >= 15 is 0 Å². The Labute approximate surface area is 107 Å². The van der Waals surface area contributed by atoms with Crippen LogP contribution >= 0.6 is 0 Å². The fraction of sp³-hybridized carbons (Fsp3) is 0.429. The molecule has 0 fully saturated rings. The highest BCUT2D eigenvalue weighted by Crippen LogP contribution is 2.25. The summed E-state index contributed by atoms with van der Waals surface area (Å²) in [7, 11) is 1.34. The first kappa shape index (κ1) is 14.2. The van der Waals surface area contributed by atoms with Gasteiger partial charge in [0.15, 0.2) is 0 Å². The Morgan fingerprint density at radius 3 is 2.17 bits per heavy atom. The van der Waals surface area contributed by atoms with E-state index in [1.165, 1.54) is 7.11 Å². The Hall–Kier alpha value is -1.84. The van der Waals surface area contributed by atoms with Crippen molar-refractivity contribution in [3.63, 3.8) is 0 Å². The lowest BCUT2D eigenvalue weighted by Gasteiger charge is -2.11. The SMILES string of the molecule is CCCC(=O)Oc1c(C)cc(C(=O)OC)cc1C. The second-order valence-electron chi connectivity index (χ2n) is 4.15. The molecule has 1 aromatic carbocycles. The van der Waals surface area contributed by atoms with E-state index in [9.17, 15) is 9.59 Å². The molecule has 0 heterocycles. The molecule has 0 amide bonds. The van der Waals surface area contributed by atoms with Gasteiger partial charge < -0.3 is 9.47 Å². The van der Waals surface area contributed by atoms with Gasteiger partial charge >= 0.3 is 11.9 Å². The molecule has 98 valence electrons. The Balaban J connectivity index is 3.01. The van der Waals surface area contributed by atoms with Crippen molar-refractivity contribution in [2.45, 2.75) is 33.6 Å². The van der Waals surface area contributed by atoms with E-state index in [1.807, 2.05) is 6.92 Å². The fourth-order valence-corrected chi connectivity index (χ4v) is 1.72. The van der Waals surface area contributed by atoms with Crippen molar-refractivity contribution >= 4 is 11.9 Å².